The third-order valence-electron chi connectivity index (χ3n) is 9.74. The van der Waals surface area contributed by atoms with Crippen LogP contribution in [0, 0.1) is 0 Å². The van der Waals surface area contributed by atoms with Crippen LogP contribution in [0.15, 0.2) is 72.9 Å². The van der Waals surface area contributed by atoms with Crippen LogP contribution in [0.2, 0.25) is 0 Å². The van der Waals surface area contributed by atoms with E-state index in [-0.39, 0.29) is 31.1 Å². The van der Waals surface area contributed by atoms with E-state index >= 15 is 0 Å². The summed E-state index contributed by atoms with van der Waals surface area (Å²) in [5.41, 5.74) is 0. The fourth-order valence-electron chi connectivity index (χ4n) is 6.24. The van der Waals surface area contributed by atoms with Crippen LogP contribution in [0.1, 0.15) is 213 Å². The molecule has 0 N–H and O–H groups in total. The molecule has 0 aliphatic carbocycles. The van der Waals surface area contributed by atoms with Crippen LogP contribution in [-0.4, -0.2) is 37.2 Å². The van der Waals surface area contributed by atoms with E-state index in [0.717, 1.165) is 109 Å². The molecule has 0 saturated heterocycles. The molecule has 0 amide bonds. The van der Waals surface area contributed by atoms with E-state index in [9.17, 15) is 14.4 Å². The van der Waals surface area contributed by atoms with Crippen molar-refractivity contribution in [3.63, 3.8) is 0 Å². The summed E-state index contributed by atoms with van der Waals surface area (Å²) in [5.74, 6) is -0.931. The summed E-state index contributed by atoms with van der Waals surface area (Å²) in [5, 5.41) is 0. The standard InChI is InChI=1S/C51H86O6/c1-4-7-10-13-16-19-22-25-26-27-30-32-35-38-41-44-50(53)56-47-48(57-51(54)45-42-39-36-33-29-24-21-18-15-12-9-6-3)46-55-49(52)43-40-37-34-31-28-23-20-17-14-11-8-5-2/h7,9-10,12-13,16-22,48H,4-6,8,11,14-15,23-47H2,1-3H3/b10-7-,12-9-,16-13-,20-17-,21-18-,22-19-. The monoisotopic (exact) mass is 795 g/mol. The first-order chi connectivity index (χ1) is 28.0. The maximum atomic E-state index is 12.7. The Morgan fingerprint density at radius 2 is 0.772 bits per heavy atom. The summed E-state index contributed by atoms with van der Waals surface area (Å²) >= 11 is 0. The Balaban J connectivity index is 4.42. The Labute approximate surface area is 351 Å². The first-order valence-electron chi connectivity index (χ1n) is 23.5. The van der Waals surface area contributed by atoms with Gasteiger partial charge < -0.3 is 14.2 Å². The zero-order chi connectivity index (χ0) is 41.5. The zero-order valence-electron chi connectivity index (χ0n) is 37.1. The maximum absolute atomic E-state index is 12.7. The molecule has 6 nitrogen and oxygen atoms in total. The molecule has 1 unspecified atom stereocenters. The average molecular weight is 795 g/mol. The van der Waals surface area contributed by atoms with Gasteiger partial charge in [0.1, 0.15) is 13.2 Å². The van der Waals surface area contributed by atoms with Gasteiger partial charge in [0.05, 0.1) is 0 Å². The van der Waals surface area contributed by atoms with Crippen LogP contribution in [0.5, 0.6) is 0 Å². The largest absolute Gasteiger partial charge is 0.462 e. The van der Waals surface area contributed by atoms with Crippen molar-refractivity contribution >= 4 is 17.9 Å². The van der Waals surface area contributed by atoms with Crippen LogP contribution < -0.4 is 0 Å². The van der Waals surface area contributed by atoms with Gasteiger partial charge in [0.15, 0.2) is 6.10 Å². The number of carbonyl (C=O) groups excluding carboxylic acids is 3. The molecule has 0 spiro atoms. The minimum absolute atomic E-state index is 0.0903. The average Bonchev–Trinajstić information content (AvgIpc) is 3.21. The van der Waals surface area contributed by atoms with Crippen LogP contribution in [0.25, 0.3) is 0 Å². The van der Waals surface area contributed by atoms with Gasteiger partial charge in [0.25, 0.3) is 0 Å². The Morgan fingerprint density at radius 3 is 1.26 bits per heavy atom. The summed E-state index contributed by atoms with van der Waals surface area (Å²) < 4.78 is 16.7. The van der Waals surface area contributed by atoms with Gasteiger partial charge in [-0.25, -0.2) is 0 Å². The minimum atomic E-state index is -0.789. The van der Waals surface area contributed by atoms with Crippen molar-refractivity contribution in [2.24, 2.45) is 0 Å². The second-order valence-electron chi connectivity index (χ2n) is 15.3. The summed E-state index contributed by atoms with van der Waals surface area (Å²) in [4.78, 5) is 37.8. The molecule has 0 aromatic rings. The SMILES string of the molecule is CC\C=C/C=C\C=C/CCCCCCCCCC(=O)OCC(COC(=O)CCCCCCC/C=C\CCCCC)OC(=O)CCCCCCC/C=C\C/C=C\CC. The number of rotatable bonds is 41. The van der Waals surface area contributed by atoms with Gasteiger partial charge >= 0.3 is 17.9 Å². The quantitative estimate of drug-likeness (QED) is 0.0202. The Hall–Kier alpha value is -3.15. The van der Waals surface area contributed by atoms with Gasteiger partial charge in [-0.05, 0) is 89.9 Å². The Bertz CT molecular complexity index is 1100. The molecule has 0 aliphatic rings. The topological polar surface area (TPSA) is 78.9 Å². The fourth-order valence-corrected chi connectivity index (χ4v) is 6.24. The molecular weight excluding hydrogens is 709 g/mol. The summed E-state index contributed by atoms with van der Waals surface area (Å²) in [6.45, 7) is 6.33. The number of allylic oxidation sites excluding steroid dienone is 12. The maximum Gasteiger partial charge on any atom is 0.306 e. The van der Waals surface area contributed by atoms with Crippen molar-refractivity contribution in [3.05, 3.63) is 72.9 Å². The molecule has 0 heterocycles. The molecule has 0 aromatic heterocycles. The highest BCUT2D eigenvalue weighted by Gasteiger charge is 2.19. The van der Waals surface area contributed by atoms with Crippen molar-refractivity contribution in [2.75, 3.05) is 13.2 Å². The predicted octanol–water partition coefficient (Wildman–Crippen LogP) is 15.1. The van der Waals surface area contributed by atoms with Gasteiger partial charge in [0, 0.05) is 19.3 Å². The Kier molecular flexibility index (Phi) is 43.0. The van der Waals surface area contributed by atoms with Crippen molar-refractivity contribution in [1.29, 1.82) is 0 Å². The zero-order valence-corrected chi connectivity index (χ0v) is 37.1. The number of carbonyl (C=O) groups is 3. The van der Waals surface area contributed by atoms with Crippen LogP contribution in [-0.2, 0) is 28.6 Å². The molecule has 0 saturated carbocycles. The lowest BCUT2D eigenvalue weighted by Crippen LogP contribution is -2.30. The number of hydrogen-bond acceptors (Lipinski definition) is 6. The first-order valence-corrected chi connectivity index (χ1v) is 23.5. The van der Waals surface area contributed by atoms with E-state index in [1.165, 1.54) is 64.2 Å². The molecule has 0 radical (unpaired) electrons. The first kappa shape index (κ1) is 53.9. The third-order valence-corrected chi connectivity index (χ3v) is 9.74. The highest BCUT2D eigenvalue weighted by molar-refractivity contribution is 5.71. The van der Waals surface area contributed by atoms with Gasteiger partial charge in [-0.2, -0.15) is 0 Å². The fraction of sp³-hybridized carbons (Fsp3) is 0.706. The van der Waals surface area contributed by atoms with Crippen molar-refractivity contribution in [1.82, 2.24) is 0 Å². The summed E-state index contributed by atoms with van der Waals surface area (Å²) in [6.07, 6.45) is 55.9. The molecule has 0 aliphatic heterocycles. The van der Waals surface area contributed by atoms with Gasteiger partial charge in [-0.1, -0.05) is 177 Å². The van der Waals surface area contributed by atoms with Crippen LogP contribution in [0.3, 0.4) is 0 Å². The second-order valence-corrected chi connectivity index (χ2v) is 15.3. The molecule has 6 heteroatoms. The van der Waals surface area contributed by atoms with Crippen molar-refractivity contribution in [2.45, 2.75) is 219 Å². The second kappa shape index (κ2) is 45.6. The lowest BCUT2D eigenvalue weighted by atomic mass is 10.1. The number of ether oxygens (including phenoxy) is 3. The van der Waals surface area contributed by atoms with Crippen molar-refractivity contribution in [3.8, 4) is 0 Å². The lowest BCUT2D eigenvalue weighted by molar-refractivity contribution is -0.167. The van der Waals surface area contributed by atoms with Crippen molar-refractivity contribution < 1.29 is 28.6 Å². The minimum Gasteiger partial charge on any atom is -0.462 e. The molecule has 0 bridgehead atoms. The summed E-state index contributed by atoms with van der Waals surface area (Å²) in [7, 11) is 0. The normalized spacial score (nSPS) is 12.7. The molecule has 0 rings (SSSR count). The molecule has 326 valence electrons. The highest BCUT2D eigenvalue weighted by Crippen LogP contribution is 2.13. The molecule has 0 fully saturated rings. The Morgan fingerprint density at radius 1 is 0.386 bits per heavy atom. The lowest BCUT2D eigenvalue weighted by Gasteiger charge is -2.18. The van der Waals surface area contributed by atoms with E-state index in [4.69, 9.17) is 14.2 Å². The molecule has 57 heavy (non-hydrogen) atoms. The van der Waals surface area contributed by atoms with Gasteiger partial charge in [0.2, 0.25) is 0 Å². The van der Waals surface area contributed by atoms with Gasteiger partial charge in [-0.15, -0.1) is 0 Å². The van der Waals surface area contributed by atoms with E-state index in [0.29, 0.717) is 19.3 Å². The van der Waals surface area contributed by atoms with Crippen LogP contribution in [0.4, 0.5) is 0 Å². The molecular formula is C51H86O6. The molecule has 1 atom stereocenters. The number of unbranched alkanes of at least 4 members (excludes halogenated alkanes) is 20. The third kappa shape index (κ3) is 43.8. The predicted molar refractivity (Wildman–Crippen MR) is 242 cm³/mol. The van der Waals surface area contributed by atoms with E-state index in [1.807, 2.05) is 0 Å². The van der Waals surface area contributed by atoms with E-state index in [2.05, 4.69) is 93.7 Å². The van der Waals surface area contributed by atoms with E-state index < -0.39 is 6.10 Å². The van der Waals surface area contributed by atoms with Crippen LogP contribution >= 0.6 is 0 Å². The van der Waals surface area contributed by atoms with E-state index in [1.54, 1.807) is 0 Å². The smallest absolute Gasteiger partial charge is 0.306 e. The summed E-state index contributed by atoms with van der Waals surface area (Å²) in [6, 6.07) is 0. The number of esters is 3. The van der Waals surface area contributed by atoms with Gasteiger partial charge in [-0.3, -0.25) is 14.4 Å². The number of hydrogen-bond donors (Lipinski definition) is 0. The molecule has 0 aromatic carbocycles. The highest BCUT2D eigenvalue weighted by atomic mass is 16.6.